The third-order valence-electron chi connectivity index (χ3n) is 4.70. The van der Waals surface area contributed by atoms with Gasteiger partial charge in [-0.2, -0.15) is 0 Å². The van der Waals surface area contributed by atoms with Crippen LogP contribution in [0.2, 0.25) is 5.02 Å². The first kappa shape index (κ1) is 22.8. The number of nitrogens with zero attached hydrogens (tertiary/aromatic N) is 1. The van der Waals surface area contributed by atoms with E-state index in [9.17, 15) is 9.59 Å². The van der Waals surface area contributed by atoms with Crippen LogP contribution >= 0.6 is 11.6 Å². The number of halogens is 1. The van der Waals surface area contributed by atoms with Crippen LogP contribution < -0.4 is 10.1 Å². The van der Waals surface area contributed by atoms with Gasteiger partial charge in [-0.3, -0.25) is 9.59 Å². The van der Waals surface area contributed by atoms with Gasteiger partial charge in [0, 0.05) is 18.1 Å². The molecule has 5 nitrogen and oxygen atoms in total. The predicted molar refractivity (Wildman–Crippen MR) is 116 cm³/mol. The molecule has 2 amide bonds. The number of carbonyl (C=O) groups excluding carboxylic acids is 2. The molecule has 6 heteroatoms. The normalized spacial score (nSPS) is 11.6. The van der Waals surface area contributed by atoms with Crippen LogP contribution in [-0.2, 0) is 16.1 Å². The molecule has 0 radical (unpaired) electrons. The molecule has 2 rings (SSSR count). The Morgan fingerprint density at radius 3 is 2.55 bits per heavy atom. The number of rotatable bonds is 9. The highest BCUT2D eigenvalue weighted by Gasteiger charge is 2.27. The number of amides is 2. The molecule has 0 spiro atoms. The summed E-state index contributed by atoms with van der Waals surface area (Å²) in [6.45, 7) is 8.29. The van der Waals surface area contributed by atoms with E-state index >= 15 is 0 Å². The Labute approximate surface area is 178 Å². The van der Waals surface area contributed by atoms with Crippen molar-refractivity contribution in [2.24, 2.45) is 0 Å². The number of benzene rings is 2. The first-order chi connectivity index (χ1) is 13.8. The van der Waals surface area contributed by atoms with E-state index in [1.165, 1.54) is 4.90 Å². The molecule has 0 heterocycles. The first-order valence-electron chi connectivity index (χ1n) is 9.84. The molecule has 1 N–H and O–H groups in total. The smallest absolute Gasteiger partial charge is 0.261 e. The summed E-state index contributed by atoms with van der Waals surface area (Å²) in [5.74, 6) is 0.188. The van der Waals surface area contributed by atoms with Crippen LogP contribution in [0.5, 0.6) is 5.75 Å². The largest absolute Gasteiger partial charge is 0.483 e. The van der Waals surface area contributed by atoms with Crippen LogP contribution in [0.15, 0.2) is 42.5 Å². The minimum absolute atomic E-state index is 0.153. The Morgan fingerprint density at radius 2 is 1.90 bits per heavy atom. The molecular weight excluding hydrogens is 388 g/mol. The van der Waals surface area contributed by atoms with Crippen molar-refractivity contribution in [1.29, 1.82) is 0 Å². The van der Waals surface area contributed by atoms with Crippen molar-refractivity contribution in [3.05, 3.63) is 64.2 Å². The van der Waals surface area contributed by atoms with E-state index in [1.54, 1.807) is 13.0 Å². The summed E-state index contributed by atoms with van der Waals surface area (Å²) in [4.78, 5) is 27.0. The number of carbonyl (C=O) groups is 2. The summed E-state index contributed by atoms with van der Waals surface area (Å²) in [6.07, 6.45) is 0.826. The second-order valence-corrected chi connectivity index (χ2v) is 7.54. The van der Waals surface area contributed by atoms with Gasteiger partial charge in [0.05, 0.1) is 0 Å². The van der Waals surface area contributed by atoms with Gasteiger partial charge in [-0.25, -0.2) is 0 Å². The summed E-state index contributed by atoms with van der Waals surface area (Å²) in [7, 11) is 0. The van der Waals surface area contributed by atoms with E-state index in [2.05, 4.69) is 5.32 Å². The van der Waals surface area contributed by atoms with Gasteiger partial charge >= 0.3 is 0 Å². The van der Waals surface area contributed by atoms with Crippen LogP contribution in [0.3, 0.4) is 0 Å². The lowest BCUT2D eigenvalue weighted by Gasteiger charge is -2.29. The lowest BCUT2D eigenvalue weighted by Crippen LogP contribution is -2.49. The van der Waals surface area contributed by atoms with Crippen molar-refractivity contribution < 1.29 is 14.3 Å². The van der Waals surface area contributed by atoms with Gasteiger partial charge < -0.3 is 15.0 Å². The van der Waals surface area contributed by atoms with Crippen molar-refractivity contribution in [3.8, 4) is 5.75 Å². The fraction of sp³-hybridized carbons (Fsp3) is 0.391. The van der Waals surface area contributed by atoms with Gasteiger partial charge in [-0.15, -0.1) is 0 Å². The zero-order chi connectivity index (χ0) is 21.4. The molecule has 2 aromatic rings. The molecule has 0 aliphatic carbocycles. The Hall–Kier alpha value is -2.53. The van der Waals surface area contributed by atoms with E-state index in [-0.39, 0.29) is 25.0 Å². The molecule has 0 unspecified atom stereocenters. The van der Waals surface area contributed by atoms with Crippen molar-refractivity contribution in [1.82, 2.24) is 10.2 Å². The van der Waals surface area contributed by atoms with E-state index in [1.807, 2.05) is 57.2 Å². The highest BCUT2D eigenvalue weighted by atomic mass is 35.5. The Bertz CT molecular complexity index is 854. The second kappa shape index (κ2) is 10.9. The molecule has 0 fully saturated rings. The molecule has 0 saturated carbocycles. The van der Waals surface area contributed by atoms with Crippen LogP contribution in [-0.4, -0.2) is 35.9 Å². The summed E-state index contributed by atoms with van der Waals surface area (Å²) in [5.41, 5.74) is 2.87. The van der Waals surface area contributed by atoms with Crippen molar-refractivity contribution in [2.45, 2.75) is 46.7 Å². The molecule has 29 heavy (non-hydrogen) atoms. The number of hydrogen-bond acceptors (Lipinski definition) is 3. The molecule has 2 aromatic carbocycles. The van der Waals surface area contributed by atoms with Crippen LogP contribution in [0.1, 0.15) is 37.0 Å². The number of nitrogens with one attached hydrogen (secondary N) is 1. The maximum Gasteiger partial charge on any atom is 0.261 e. The molecule has 0 aliphatic heterocycles. The fourth-order valence-corrected chi connectivity index (χ4v) is 3.17. The van der Waals surface area contributed by atoms with Crippen molar-refractivity contribution >= 4 is 23.4 Å². The van der Waals surface area contributed by atoms with Crippen LogP contribution in [0.25, 0.3) is 0 Å². The Kier molecular flexibility index (Phi) is 8.52. The molecule has 0 aliphatic rings. The molecule has 0 aromatic heterocycles. The van der Waals surface area contributed by atoms with Crippen LogP contribution in [0.4, 0.5) is 0 Å². The van der Waals surface area contributed by atoms with Gasteiger partial charge in [0.2, 0.25) is 5.91 Å². The van der Waals surface area contributed by atoms with Gasteiger partial charge in [0.25, 0.3) is 5.91 Å². The molecular formula is C23H29ClN2O3. The van der Waals surface area contributed by atoms with Gasteiger partial charge in [-0.05, 0) is 50.5 Å². The second-order valence-electron chi connectivity index (χ2n) is 7.14. The SMILES string of the molecule is CCCNC(=O)[C@@H](C)N(Cc1ccccc1Cl)C(=O)COc1ccc(C)cc1C. The maximum absolute atomic E-state index is 13.0. The first-order valence-corrected chi connectivity index (χ1v) is 10.2. The maximum atomic E-state index is 13.0. The summed E-state index contributed by atoms with van der Waals surface area (Å²) >= 11 is 6.28. The highest BCUT2D eigenvalue weighted by molar-refractivity contribution is 6.31. The number of aryl methyl sites for hydroxylation is 2. The minimum Gasteiger partial charge on any atom is -0.483 e. The Balaban J connectivity index is 2.17. The average Bonchev–Trinajstić information content (AvgIpc) is 2.70. The quantitative estimate of drug-likeness (QED) is 0.663. The summed E-state index contributed by atoms with van der Waals surface area (Å²) < 4.78 is 5.76. The molecule has 1 atom stereocenters. The van der Waals surface area contributed by atoms with E-state index in [0.717, 1.165) is 23.1 Å². The average molecular weight is 417 g/mol. The van der Waals surface area contributed by atoms with E-state index < -0.39 is 6.04 Å². The monoisotopic (exact) mass is 416 g/mol. The topological polar surface area (TPSA) is 58.6 Å². The van der Waals surface area contributed by atoms with Gasteiger partial charge in [-0.1, -0.05) is 54.4 Å². The lowest BCUT2D eigenvalue weighted by atomic mass is 10.1. The fourth-order valence-electron chi connectivity index (χ4n) is 2.97. The van der Waals surface area contributed by atoms with E-state index in [4.69, 9.17) is 16.3 Å². The van der Waals surface area contributed by atoms with Crippen molar-refractivity contribution in [2.75, 3.05) is 13.2 Å². The number of hydrogen-bond donors (Lipinski definition) is 1. The highest BCUT2D eigenvalue weighted by Crippen LogP contribution is 2.21. The summed E-state index contributed by atoms with van der Waals surface area (Å²) in [6, 6.07) is 12.5. The molecule has 0 saturated heterocycles. The van der Waals surface area contributed by atoms with Gasteiger partial charge in [0.1, 0.15) is 11.8 Å². The predicted octanol–water partition coefficient (Wildman–Crippen LogP) is 4.28. The lowest BCUT2D eigenvalue weighted by molar-refractivity contribution is -0.142. The van der Waals surface area contributed by atoms with Crippen molar-refractivity contribution in [3.63, 3.8) is 0 Å². The third-order valence-corrected chi connectivity index (χ3v) is 5.07. The van der Waals surface area contributed by atoms with E-state index in [0.29, 0.717) is 17.3 Å². The summed E-state index contributed by atoms with van der Waals surface area (Å²) in [5, 5.41) is 3.41. The third kappa shape index (κ3) is 6.50. The van der Waals surface area contributed by atoms with Gasteiger partial charge in [0.15, 0.2) is 6.61 Å². The molecule has 0 bridgehead atoms. The standard InChI is InChI=1S/C23H29ClN2O3/c1-5-12-25-23(28)18(4)26(14-19-8-6-7-9-20(19)24)22(27)15-29-21-11-10-16(2)13-17(21)3/h6-11,13,18H,5,12,14-15H2,1-4H3,(H,25,28)/t18-/m1/s1. The van der Waals surface area contributed by atoms with Crippen LogP contribution in [0, 0.1) is 13.8 Å². The minimum atomic E-state index is -0.645. The number of ether oxygens (including phenoxy) is 1. The Morgan fingerprint density at radius 1 is 1.17 bits per heavy atom. The zero-order valence-electron chi connectivity index (χ0n) is 17.5. The zero-order valence-corrected chi connectivity index (χ0v) is 18.3. The molecule has 156 valence electrons.